The first-order valence-corrected chi connectivity index (χ1v) is 10.3. The van der Waals surface area contributed by atoms with E-state index in [0.717, 1.165) is 16.2 Å². The Kier molecular flexibility index (Phi) is 5.37. The van der Waals surface area contributed by atoms with E-state index in [1.807, 2.05) is 0 Å². The zero-order chi connectivity index (χ0) is 20.5. The zero-order valence-electron chi connectivity index (χ0n) is 16.0. The molecule has 0 saturated carbocycles. The van der Waals surface area contributed by atoms with Crippen LogP contribution in [0.15, 0.2) is 41.5 Å². The normalized spacial score (nSPS) is 16.6. The first-order chi connectivity index (χ1) is 13.3. The lowest BCUT2D eigenvalue weighted by Crippen LogP contribution is -2.25. The number of sulfonamides is 1. The number of methoxy groups -OCH3 is 3. The van der Waals surface area contributed by atoms with Crippen molar-refractivity contribution in [3.63, 3.8) is 0 Å². The fourth-order valence-electron chi connectivity index (χ4n) is 3.15. The fraction of sp³-hybridized carbons (Fsp3) is 0.316. The van der Waals surface area contributed by atoms with Gasteiger partial charge in [0.15, 0.2) is 23.0 Å². The predicted octanol–water partition coefficient (Wildman–Crippen LogP) is 2.53. The highest BCUT2D eigenvalue weighted by Crippen LogP contribution is 2.39. The number of phenols is 1. The van der Waals surface area contributed by atoms with E-state index in [1.54, 1.807) is 37.4 Å². The van der Waals surface area contributed by atoms with Crippen LogP contribution in [0.4, 0.5) is 0 Å². The summed E-state index contributed by atoms with van der Waals surface area (Å²) < 4.78 is 41.3. The SMILES string of the molecule is COc1ccc([C@H]2CC(c3ccc(OC)c(OC)c3)=NN2S(C)(=O)=O)cc1O. The van der Waals surface area contributed by atoms with E-state index < -0.39 is 16.1 Å². The minimum absolute atomic E-state index is 0.0620. The molecule has 150 valence electrons. The number of aromatic hydroxyl groups is 1. The Bertz CT molecular complexity index is 1020. The summed E-state index contributed by atoms with van der Waals surface area (Å²) >= 11 is 0. The van der Waals surface area contributed by atoms with E-state index in [1.165, 1.54) is 20.3 Å². The largest absolute Gasteiger partial charge is 0.504 e. The van der Waals surface area contributed by atoms with Crippen molar-refractivity contribution < 1.29 is 27.7 Å². The Morgan fingerprint density at radius 2 is 1.64 bits per heavy atom. The average molecular weight is 406 g/mol. The number of hydrazone groups is 1. The van der Waals surface area contributed by atoms with Gasteiger partial charge >= 0.3 is 0 Å². The van der Waals surface area contributed by atoms with Crippen LogP contribution in [0.2, 0.25) is 0 Å². The van der Waals surface area contributed by atoms with Crippen molar-refractivity contribution in [2.75, 3.05) is 27.6 Å². The molecule has 0 unspecified atom stereocenters. The molecule has 9 heteroatoms. The second-order valence-electron chi connectivity index (χ2n) is 6.30. The van der Waals surface area contributed by atoms with Crippen LogP contribution in [0.5, 0.6) is 23.0 Å². The number of phenolic OH excluding ortho intramolecular Hbond substituents is 1. The topological polar surface area (TPSA) is 97.7 Å². The minimum atomic E-state index is -3.62. The van der Waals surface area contributed by atoms with E-state index in [0.29, 0.717) is 34.9 Å². The highest BCUT2D eigenvalue weighted by Gasteiger charge is 2.35. The molecule has 3 rings (SSSR count). The van der Waals surface area contributed by atoms with E-state index in [9.17, 15) is 13.5 Å². The van der Waals surface area contributed by atoms with Crippen molar-refractivity contribution in [1.82, 2.24) is 4.41 Å². The van der Waals surface area contributed by atoms with Crippen molar-refractivity contribution in [2.45, 2.75) is 12.5 Å². The second kappa shape index (κ2) is 7.59. The van der Waals surface area contributed by atoms with Crippen LogP contribution in [0.3, 0.4) is 0 Å². The van der Waals surface area contributed by atoms with Gasteiger partial charge in [-0.1, -0.05) is 6.07 Å². The number of hydrogen-bond acceptors (Lipinski definition) is 7. The Balaban J connectivity index is 2.01. The molecule has 1 atom stereocenters. The summed E-state index contributed by atoms with van der Waals surface area (Å²) in [6.07, 6.45) is 1.44. The Labute approximate surface area is 164 Å². The number of ether oxygens (including phenoxy) is 3. The van der Waals surface area contributed by atoms with Gasteiger partial charge in [0.2, 0.25) is 10.0 Å². The quantitative estimate of drug-likeness (QED) is 0.792. The Hall–Kier alpha value is -2.94. The first kappa shape index (κ1) is 19.8. The number of hydrogen-bond donors (Lipinski definition) is 1. The second-order valence-corrected chi connectivity index (χ2v) is 8.14. The van der Waals surface area contributed by atoms with Crippen LogP contribution in [0, 0.1) is 0 Å². The van der Waals surface area contributed by atoms with Crippen molar-refractivity contribution in [1.29, 1.82) is 0 Å². The third kappa shape index (κ3) is 3.70. The molecule has 2 aromatic carbocycles. The molecular formula is C19H22N2O6S. The van der Waals surface area contributed by atoms with E-state index in [2.05, 4.69) is 5.10 Å². The standard InChI is InChI=1S/C19H22N2O6S/c1-25-17-7-6-13(9-16(17)22)15-11-14(20-21(15)28(4,23)24)12-5-8-18(26-2)19(10-12)27-3/h5-10,15,22H,11H2,1-4H3/t15-/m1/s1. The van der Waals surface area contributed by atoms with Crippen LogP contribution in [-0.2, 0) is 10.0 Å². The van der Waals surface area contributed by atoms with Gasteiger partial charge in [0.1, 0.15) is 0 Å². The number of rotatable bonds is 6. The maximum absolute atomic E-state index is 12.3. The molecular weight excluding hydrogens is 384 g/mol. The fourth-order valence-corrected chi connectivity index (χ4v) is 4.05. The summed E-state index contributed by atoms with van der Waals surface area (Å²) in [6, 6.07) is 9.53. The van der Waals surface area contributed by atoms with Crippen LogP contribution in [-0.4, -0.2) is 51.2 Å². The zero-order valence-corrected chi connectivity index (χ0v) is 16.9. The molecule has 8 nitrogen and oxygen atoms in total. The van der Waals surface area contributed by atoms with Gasteiger partial charge in [-0.3, -0.25) is 0 Å². The molecule has 0 amide bonds. The average Bonchev–Trinajstić information content (AvgIpc) is 3.13. The van der Waals surface area contributed by atoms with Crippen molar-refractivity contribution in [3.8, 4) is 23.0 Å². The van der Waals surface area contributed by atoms with Crippen LogP contribution >= 0.6 is 0 Å². The molecule has 0 saturated heterocycles. The van der Waals surface area contributed by atoms with Crippen LogP contribution < -0.4 is 14.2 Å². The highest BCUT2D eigenvalue weighted by molar-refractivity contribution is 7.88. The lowest BCUT2D eigenvalue weighted by Gasteiger charge is -2.21. The highest BCUT2D eigenvalue weighted by atomic mass is 32.2. The lowest BCUT2D eigenvalue weighted by molar-refractivity contribution is 0.355. The number of benzene rings is 2. The van der Waals surface area contributed by atoms with Gasteiger partial charge in [-0.05, 0) is 35.9 Å². The summed E-state index contributed by atoms with van der Waals surface area (Å²) in [4.78, 5) is 0. The van der Waals surface area contributed by atoms with E-state index >= 15 is 0 Å². The third-order valence-electron chi connectivity index (χ3n) is 4.52. The molecule has 0 aliphatic carbocycles. The molecule has 1 N–H and O–H groups in total. The van der Waals surface area contributed by atoms with Gasteiger partial charge in [0.05, 0.1) is 39.3 Å². The van der Waals surface area contributed by atoms with Crippen LogP contribution in [0.1, 0.15) is 23.6 Å². The van der Waals surface area contributed by atoms with Gasteiger partial charge in [-0.15, -0.1) is 0 Å². The van der Waals surface area contributed by atoms with E-state index in [-0.39, 0.29) is 5.75 Å². The summed E-state index contributed by atoms with van der Waals surface area (Å²) in [5, 5.41) is 14.4. The minimum Gasteiger partial charge on any atom is -0.504 e. The van der Waals surface area contributed by atoms with Crippen molar-refractivity contribution in [3.05, 3.63) is 47.5 Å². The van der Waals surface area contributed by atoms with Gasteiger partial charge in [-0.2, -0.15) is 9.52 Å². The van der Waals surface area contributed by atoms with Crippen LogP contribution in [0.25, 0.3) is 0 Å². The van der Waals surface area contributed by atoms with Crippen molar-refractivity contribution >= 4 is 15.7 Å². The lowest BCUT2D eigenvalue weighted by atomic mass is 9.98. The maximum Gasteiger partial charge on any atom is 0.247 e. The molecule has 0 fully saturated rings. The molecule has 1 aliphatic heterocycles. The smallest absolute Gasteiger partial charge is 0.247 e. The Morgan fingerprint density at radius 1 is 1.00 bits per heavy atom. The molecule has 0 bridgehead atoms. The summed E-state index contributed by atoms with van der Waals surface area (Å²) in [6.45, 7) is 0. The molecule has 0 aromatic heterocycles. The predicted molar refractivity (Wildman–Crippen MR) is 105 cm³/mol. The molecule has 2 aromatic rings. The third-order valence-corrected chi connectivity index (χ3v) is 5.53. The number of nitrogens with zero attached hydrogens (tertiary/aromatic N) is 2. The molecule has 1 heterocycles. The Morgan fingerprint density at radius 3 is 2.21 bits per heavy atom. The van der Waals surface area contributed by atoms with E-state index in [4.69, 9.17) is 14.2 Å². The van der Waals surface area contributed by atoms with Gasteiger partial charge in [0, 0.05) is 12.0 Å². The first-order valence-electron chi connectivity index (χ1n) is 8.44. The summed E-state index contributed by atoms with van der Waals surface area (Å²) in [7, 11) is 0.904. The molecule has 0 spiro atoms. The molecule has 1 aliphatic rings. The van der Waals surface area contributed by atoms with Crippen molar-refractivity contribution in [2.24, 2.45) is 5.10 Å². The van der Waals surface area contributed by atoms with Gasteiger partial charge < -0.3 is 19.3 Å². The molecule has 0 radical (unpaired) electrons. The monoisotopic (exact) mass is 406 g/mol. The molecule has 28 heavy (non-hydrogen) atoms. The maximum atomic E-state index is 12.3. The summed E-state index contributed by atoms with van der Waals surface area (Å²) in [5.41, 5.74) is 1.93. The summed E-state index contributed by atoms with van der Waals surface area (Å²) in [5.74, 6) is 1.35. The van der Waals surface area contributed by atoms with Gasteiger partial charge in [-0.25, -0.2) is 8.42 Å². The van der Waals surface area contributed by atoms with Gasteiger partial charge in [0.25, 0.3) is 0 Å².